The molecular weight excluding hydrogens is 733 g/mol. The molecule has 2 heterocycles. The number of hydrogen-bond donors (Lipinski definition) is 0. The van der Waals surface area contributed by atoms with Crippen molar-refractivity contribution in [1.82, 2.24) is 15.0 Å². The summed E-state index contributed by atoms with van der Waals surface area (Å²) in [6.07, 6.45) is 0. The lowest BCUT2D eigenvalue weighted by Gasteiger charge is -2.26. The highest BCUT2D eigenvalue weighted by atomic mass is 16.5. The van der Waals surface area contributed by atoms with Gasteiger partial charge in [-0.05, 0) is 93.9 Å². The zero-order valence-corrected chi connectivity index (χ0v) is 32.5. The van der Waals surface area contributed by atoms with Crippen LogP contribution >= 0.6 is 0 Å². The van der Waals surface area contributed by atoms with E-state index in [1.807, 2.05) is 66.7 Å². The first-order valence-corrected chi connectivity index (χ1v) is 20.1. The molecule has 60 heavy (non-hydrogen) atoms. The first-order valence-electron chi connectivity index (χ1n) is 20.1. The van der Waals surface area contributed by atoms with Crippen LogP contribution in [0.5, 0.6) is 11.5 Å². The zero-order chi connectivity index (χ0) is 39.8. The molecule has 0 saturated carbocycles. The average Bonchev–Trinajstić information content (AvgIpc) is 3.33. The molecule has 9 aromatic carbocycles. The highest BCUT2D eigenvalue weighted by Crippen LogP contribution is 2.49. The summed E-state index contributed by atoms with van der Waals surface area (Å²) in [7, 11) is 0. The maximum Gasteiger partial charge on any atom is 0.164 e. The predicted octanol–water partition coefficient (Wildman–Crippen LogP) is 14.6. The second-order valence-electron chi connectivity index (χ2n) is 14.8. The second kappa shape index (κ2) is 15.0. The van der Waals surface area contributed by atoms with E-state index in [2.05, 4.69) is 157 Å². The van der Waals surface area contributed by atoms with E-state index >= 15 is 0 Å². The third-order valence-electron chi connectivity index (χ3n) is 11.1. The van der Waals surface area contributed by atoms with Crippen molar-refractivity contribution in [3.05, 3.63) is 218 Å². The molecule has 0 atom stereocenters. The smallest absolute Gasteiger partial charge is 0.164 e. The molecule has 0 bridgehead atoms. The number of rotatable bonds is 8. The summed E-state index contributed by atoms with van der Waals surface area (Å²) in [5, 5.41) is 2.06. The van der Waals surface area contributed by atoms with Crippen LogP contribution in [-0.4, -0.2) is 15.0 Å². The van der Waals surface area contributed by atoms with Crippen LogP contribution in [0.2, 0.25) is 0 Å². The molecule has 0 spiro atoms. The van der Waals surface area contributed by atoms with Crippen molar-refractivity contribution in [1.29, 1.82) is 0 Å². The highest BCUT2D eigenvalue weighted by Gasteiger charge is 2.24. The van der Waals surface area contributed by atoms with E-state index < -0.39 is 0 Å². The number of anilines is 3. The zero-order valence-electron chi connectivity index (χ0n) is 32.5. The van der Waals surface area contributed by atoms with E-state index in [1.165, 1.54) is 11.1 Å². The van der Waals surface area contributed by atoms with Crippen LogP contribution in [0.25, 0.3) is 78.3 Å². The van der Waals surface area contributed by atoms with Crippen molar-refractivity contribution < 1.29 is 4.74 Å². The number of benzene rings is 9. The van der Waals surface area contributed by atoms with Crippen molar-refractivity contribution in [2.45, 2.75) is 0 Å². The molecule has 0 radical (unpaired) electrons. The molecule has 0 N–H and O–H groups in total. The summed E-state index contributed by atoms with van der Waals surface area (Å²) in [6.45, 7) is 0. The maximum atomic E-state index is 6.65. The van der Waals surface area contributed by atoms with Gasteiger partial charge in [-0.1, -0.05) is 158 Å². The van der Waals surface area contributed by atoms with E-state index in [1.54, 1.807) is 0 Å². The Morgan fingerprint density at radius 3 is 1.48 bits per heavy atom. The fraction of sp³-hybridized carbons (Fsp3) is 0. The van der Waals surface area contributed by atoms with E-state index in [-0.39, 0.29) is 0 Å². The molecule has 1 aromatic heterocycles. The van der Waals surface area contributed by atoms with Crippen molar-refractivity contribution in [3.8, 4) is 79.0 Å². The standard InChI is InChI=1S/C55H36N4O/c1-5-15-37(16-6-1)41-21-13-24-45(35-41)59(43-22-11-4-12-23-43)44-30-27-38(28-31-44)42-29-33-50-49(36-42)47-26-14-25-46-48(32-34-51(60-50)52(46)47)55-57-53(39-17-7-2-8-18-39)56-54(58-55)40-19-9-3-10-20-40/h1-36H. The molecule has 10 aromatic rings. The Bertz CT molecular complexity index is 3100. The van der Waals surface area contributed by atoms with Gasteiger partial charge in [0.15, 0.2) is 17.5 Å². The summed E-state index contributed by atoms with van der Waals surface area (Å²) < 4.78 is 6.65. The van der Waals surface area contributed by atoms with Crippen LogP contribution in [0.15, 0.2) is 218 Å². The number of ether oxygens (including phenoxy) is 1. The molecule has 5 heteroatoms. The minimum atomic E-state index is 0.613. The molecule has 5 nitrogen and oxygen atoms in total. The lowest BCUT2D eigenvalue weighted by molar-refractivity contribution is 0.487. The minimum absolute atomic E-state index is 0.613. The normalized spacial score (nSPS) is 11.5. The Morgan fingerprint density at radius 2 is 0.800 bits per heavy atom. The number of nitrogens with zero attached hydrogens (tertiary/aromatic N) is 4. The molecule has 1 aliphatic rings. The summed E-state index contributed by atoms with van der Waals surface area (Å²) in [6, 6.07) is 75.8. The van der Waals surface area contributed by atoms with E-state index in [4.69, 9.17) is 19.7 Å². The third-order valence-corrected chi connectivity index (χ3v) is 11.1. The Hall–Kier alpha value is -8.15. The first-order chi connectivity index (χ1) is 29.7. The molecule has 0 saturated heterocycles. The maximum absolute atomic E-state index is 6.65. The molecule has 0 amide bonds. The first kappa shape index (κ1) is 35.0. The summed E-state index contributed by atoms with van der Waals surface area (Å²) in [5.74, 6) is 3.51. The number of para-hydroxylation sites is 1. The molecule has 1 aliphatic heterocycles. The molecule has 0 unspecified atom stereocenters. The van der Waals surface area contributed by atoms with Crippen LogP contribution in [-0.2, 0) is 0 Å². The Morgan fingerprint density at radius 1 is 0.300 bits per heavy atom. The minimum Gasteiger partial charge on any atom is -0.456 e. The van der Waals surface area contributed by atoms with Gasteiger partial charge in [-0.15, -0.1) is 0 Å². The van der Waals surface area contributed by atoms with E-state index in [0.29, 0.717) is 17.5 Å². The van der Waals surface area contributed by atoms with Crippen molar-refractivity contribution in [3.63, 3.8) is 0 Å². The monoisotopic (exact) mass is 768 g/mol. The second-order valence-corrected chi connectivity index (χ2v) is 14.8. The van der Waals surface area contributed by atoms with Gasteiger partial charge in [0.05, 0.1) is 0 Å². The topological polar surface area (TPSA) is 51.1 Å². The van der Waals surface area contributed by atoms with Crippen LogP contribution in [0.4, 0.5) is 17.1 Å². The van der Waals surface area contributed by atoms with E-state index in [9.17, 15) is 0 Å². The summed E-state index contributed by atoms with van der Waals surface area (Å²) in [5.41, 5.74) is 12.8. The summed E-state index contributed by atoms with van der Waals surface area (Å²) >= 11 is 0. The van der Waals surface area contributed by atoms with Gasteiger partial charge in [-0.25, -0.2) is 15.0 Å². The van der Waals surface area contributed by atoms with Gasteiger partial charge in [-0.3, -0.25) is 0 Å². The third kappa shape index (κ3) is 6.45. The molecule has 0 fully saturated rings. The van der Waals surface area contributed by atoms with Crippen LogP contribution in [0.3, 0.4) is 0 Å². The van der Waals surface area contributed by atoms with Crippen LogP contribution < -0.4 is 9.64 Å². The van der Waals surface area contributed by atoms with Crippen molar-refractivity contribution in [2.75, 3.05) is 4.90 Å². The van der Waals surface area contributed by atoms with Crippen LogP contribution in [0, 0.1) is 0 Å². The molecule has 11 rings (SSSR count). The lowest BCUT2D eigenvalue weighted by Crippen LogP contribution is -2.09. The van der Waals surface area contributed by atoms with Gasteiger partial charge in [-0.2, -0.15) is 0 Å². The lowest BCUT2D eigenvalue weighted by atomic mass is 9.90. The highest BCUT2D eigenvalue weighted by molar-refractivity contribution is 6.09. The summed E-state index contributed by atoms with van der Waals surface area (Å²) in [4.78, 5) is 17.4. The fourth-order valence-electron chi connectivity index (χ4n) is 8.22. The number of aromatic nitrogens is 3. The van der Waals surface area contributed by atoms with Gasteiger partial charge in [0.1, 0.15) is 11.5 Å². The average molecular weight is 769 g/mol. The fourth-order valence-corrected chi connectivity index (χ4v) is 8.22. The van der Waals surface area contributed by atoms with Crippen molar-refractivity contribution >= 4 is 27.8 Å². The van der Waals surface area contributed by atoms with Crippen LogP contribution in [0.1, 0.15) is 0 Å². The Labute approximate surface area is 348 Å². The van der Waals surface area contributed by atoms with Gasteiger partial charge >= 0.3 is 0 Å². The number of fused-ring (bicyclic) bond motifs is 2. The van der Waals surface area contributed by atoms with Gasteiger partial charge in [0.25, 0.3) is 0 Å². The molecule has 282 valence electrons. The van der Waals surface area contributed by atoms with Gasteiger partial charge < -0.3 is 9.64 Å². The largest absolute Gasteiger partial charge is 0.456 e. The number of hydrogen-bond acceptors (Lipinski definition) is 5. The molecular formula is C55H36N4O. The van der Waals surface area contributed by atoms with Gasteiger partial charge in [0, 0.05) is 44.7 Å². The predicted molar refractivity (Wildman–Crippen MR) is 245 cm³/mol. The van der Waals surface area contributed by atoms with E-state index in [0.717, 1.165) is 78.3 Å². The van der Waals surface area contributed by atoms with Gasteiger partial charge in [0.2, 0.25) is 0 Å². The Balaban J connectivity index is 0.974. The SMILES string of the molecule is c1ccc(-c2cccc(N(c3ccccc3)c3ccc(-c4ccc5c(c4)-c4cccc6c(-c7nc(-c8ccccc8)nc(-c8ccccc8)n7)ccc(c46)O5)cc3)c2)cc1. The molecule has 0 aliphatic carbocycles. The van der Waals surface area contributed by atoms with Crippen molar-refractivity contribution in [2.24, 2.45) is 0 Å². The quantitative estimate of drug-likeness (QED) is 0.154. The Kier molecular flexibility index (Phi) is 8.75.